The van der Waals surface area contributed by atoms with E-state index < -0.39 is 27.7 Å². The number of amides is 2. The lowest BCUT2D eigenvalue weighted by molar-refractivity contribution is 0.0844. The number of carbonyl (C=O) groups is 2. The van der Waals surface area contributed by atoms with E-state index >= 15 is 0 Å². The van der Waals surface area contributed by atoms with Crippen LogP contribution in [0.1, 0.15) is 26.3 Å². The Hall–Kier alpha value is -3.56. The van der Waals surface area contributed by atoms with Crippen LogP contribution in [0, 0.1) is 5.82 Å². The van der Waals surface area contributed by atoms with Crippen molar-refractivity contribution in [2.45, 2.75) is 11.4 Å². The zero-order chi connectivity index (χ0) is 21.6. The van der Waals surface area contributed by atoms with Crippen molar-refractivity contribution in [3.05, 3.63) is 101 Å². The van der Waals surface area contributed by atoms with Crippen molar-refractivity contribution in [1.82, 2.24) is 15.6 Å². The highest BCUT2D eigenvalue weighted by molar-refractivity contribution is 7.89. The van der Waals surface area contributed by atoms with E-state index in [0.29, 0.717) is 0 Å². The molecule has 0 saturated carbocycles. The van der Waals surface area contributed by atoms with Crippen LogP contribution in [0.2, 0.25) is 0 Å². The molecule has 0 saturated heterocycles. The molecule has 0 fully saturated rings. The molecule has 0 aliphatic rings. The van der Waals surface area contributed by atoms with Gasteiger partial charge in [-0.2, -0.15) is 0 Å². The zero-order valence-electron chi connectivity index (χ0n) is 15.6. The second-order valence-electron chi connectivity index (χ2n) is 6.23. The first-order valence-corrected chi connectivity index (χ1v) is 10.3. The summed E-state index contributed by atoms with van der Waals surface area (Å²) >= 11 is 0. The Morgan fingerprint density at radius 1 is 0.800 bits per heavy atom. The van der Waals surface area contributed by atoms with E-state index in [1.165, 1.54) is 42.5 Å². The van der Waals surface area contributed by atoms with Crippen molar-refractivity contribution in [2.24, 2.45) is 0 Å². The SMILES string of the molecule is O=C(NNC(=O)c1ccccc1F)c1cccc(S(=O)(=O)NCc2ccccc2)c1. The summed E-state index contributed by atoms with van der Waals surface area (Å²) in [5.41, 5.74) is 4.79. The number of nitrogens with one attached hydrogen (secondary N) is 3. The van der Waals surface area contributed by atoms with Gasteiger partial charge in [0.25, 0.3) is 11.8 Å². The second-order valence-corrected chi connectivity index (χ2v) is 7.99. The van der Waals surface area contributed by atoms with Crippen LogP contribution in [0.15, 0.2) is 83.8 Å². The zero-order valence-corrected chi connectivity index (χ0v) is 16.4. The van der Waals surface area contributed by atoms with Gasteiger partial charge in [-0.1, -0.05) is 48.5 Å². The predicted molar refractivity (Wildman–Crippen MR) is 108 cm³/mol. The van der Waals surface area contributed by atoms with E-state index in [1.54, 1.807) is 24.3 Å². The molecule has 154 valence electrons. The summed E-state index contributed by atoms with van der Waals surface area (Å²) < 4.78 is 41.1. The van der Waals surface area contributed by atoms with Crippen molar-refractivity contribution < 1.29 is 22.4 Å². The number of benzene rings is 3. The lowest BCUT2D eigenvalue weighted by Crippen LogP contribution is -2.42. The van der Waals surface area contributed by atoms with Crippen LogP contribution < -0.4 is 15.6 Å². The number of hydrogen-bond acceptors (Lipinski definition) is 4. The van der Waals surface area contributed by atoms with Crippen LogP contribution in [-0.2, 0) is 16.6 Å². The van der Waals surface area contributed by atoms with Crippen LogP contribution in [0.4, 0.5) is 4.39 Å². The predicted octanol–water partition coefficient (Wildman–Crippen LogP) is 2.38. The molecular formula is C21H18FN3O4S. The van der Waals surface area contributed by atoms with Gasteiger partial charge in [0.15, 0.2) is 0 Å². The van der Waals surface area contributed by atoms with Gasteiger partial charge in [0.1, 0.15) is 5.82 Å². The summed E-state index contributed by atoms with van der Waals surface area (Å²) in [6.45, 7) is 0.0955. The summed E-state index contributed by atoms with van der Waals surface area (Å²) in [6, 6.07) is 19.6. The minimum absolute atomic E-state index is 0.00594. The lowest BCUT2D eigenvalue weighted by Gasteiger charge is -2.10. The third-order valence-electron chi connectivity index (χ3n) is 4.12. The number of halogens is 1. The monoisotopic (exact) mass is 427 g/mol. The fraction of sp³-hybridized carbons (Fsp3) is 0.0476. The topological polar surface area (TPSA) is 104 Å². The van der Waals surface area contributed by atoms with E-state index in [0.717, 1.165) is 11.6 Å². The van der Waals surface area contributed by atoms with Gasteiger partial charge in [-0.05, 0) is 35.9 Å². The molecule has 0 radical (unpaired) electrons. The van der Waals surface area contributed by atoms with E-state index in [9.17, 15) is 22.4 Å². The van der Waals surface area contributed by atoms with Crippen molar-refractivity contribution >= 4 is 21.8 Å². The molecule has 3 N–H and O–H groups in total. The van der Waals surface area contributed by atoms with Crippen molar-refractivity contribution in [3.63, 3.8) is 0 Å². The third kappa shape index (κ3) is 5.28. The molecule has 0 aliphatic heterocycles. The van der Waals surface area contributed by atoms with Gasteiger partial charge in [-0.25, -0.2) is 17.5 Å². The van der Waals surface area contributed by atoms with Crippen LogP contribution in [0.25, 0.3) is 0 Å². The first-order chi connectivity index (χ1) is 14.4. The maximum absolute atomic E-state index is 13.6. The highest BCUT2D eigenvalue weighted by Gasteiger charge is 2.17. The largest absolute Gasteiger partial charge is 0.272 e. The summed E-state index contributed by atoms with van der Waals surface area (Å²) in [6.07, 6.45) is 0. The van der Waals surface area contributed by atoms with Crippen LogP contribution in [-0.4, -0.2) is 20.2 Å². The van der Waals surface area contributed by atoms with Crippen LogP contribution in [0.5, 0.6) is 0 Å². The number of sulfonamides is 1. The van der Waals surface area contributed by atoms with Crippen molar-refractivity contribution in [3.8, 4) is 0 Å². The molecule has 7 nitrogen and oxygen atoms in total. The molecular weight excluding hydrogens is 409 g/mol. The maximum atomic E-state index is 13.6. The standard InChI is InChI=1S/C21H18FN3O4S/c22-19-12-5-4-11-18(19)21(27)25-24-20(26)16-9-6-10-17(13-16)30(28,29)23-14-15-7-2-1-3-8-15/h1-13,23H,14H2,(H,24,26)(H,25,27). The molecule has 0 unspecified atom stereocenters. The molecule has 0 bridgehead atoms. The number of rotatable bonds is 6. The molecule has 0 spiro atoms. The van der Waals surface area contributed by atoms with Crippen LogP contribution in [0.3, 0.4) is 0 Å². The van der Waals surface area contributed by atoms with Gasteiger partial charge in [-0.15, -0.1) is 0 Å². The fourth-order valence-electron chi connectivity index (χ4n) is 2.56. The first kappa shape index (κ1) is 21.2. The van der Waals surface area contributed by atoms with Crippen LogP contribution >= 0.6 is 0 Å². The molecule has 30 heavy (non-hydrogen) atoms. The fourth-order valence-corrected chi connectivity index (χ4v) is 3.62. The van der Waals surface area contributed by atoms with Crippen molar-refractivity contribution in [1.29, 1.82) is 0 Å². The van der Waals surface area contributed by atoms with E-state index in [2.05, 4.69) is 15.6 Å². The lowest BCUT2D eigenvalue weighted by atomic mass is 10.2. The highest BCUT2D eigenvalue weighted by Crippen LogP contribution is 2.12. The molecule has 9 heteroatoms. The molecule has 0 heterocycles. The van der Waals surface area contributed by atoms with Gasteiger partial charge in [-0.3, -0.25) is 20.4 Å². The van der Waals surface area contributed by atoms with E-state index in [4.69, 9.17) is 0 Å². The molecule has 3 rings (SSSR count). The first-order valence-electron chi connectivity index (χ1n) is 8.86. The second kappa shape index (κ2) is 9.29. The minimum atomic E-state index is -3.86. The molecule has 3 aromatic carbocycles. The Morgan fingerprint density at radius 2 is 1.47 bits per heavy atom. The third-order valence-corrected chi connectivity index (χ3v) is 5.52. The Morgan fingerprint density at radius 3 is 2.20 bits per heavy atom. The average Bonchev–Trinajstić information content (AvgIpc) is 2.77. The summed E-state index contributed by atoms with van der Waals surface area (Å²) in [7, 11) is -3.86. The molecule has 0 atom stereocenters. The maximum Gasteiger partial charge on any atom is 0.272 e. The Kier molecular flexibility index (Phi) is 6.55. The Balaban J connectivity index is 1.66. The Labute approximate surface area is 173 Å². The highest BCUT2D eigenvalue weighted by atomic mass is 32.2. The summed E-state index contributed by atoms with van der Waals surface area (Å²) in [5.74, 6) is -2.32. The van der Waals surface area contributed by atoms with Gasteiger partial charge in [0.2, 0.25) is 10.0 Å². The quantitative estimate of drug-likeness (QED) is 0.526. The van der Waals surface area contributed by atoms with Gasteiger partial charge in [0, 0.05) is 12.1 Å². The molecule has 0 aromatic heterocycles. The summed E-state index contributed by atoms with van der Waals surface area (Å²) in [4.78, 5) is 24.2. The van der Waals surface area contributed by atoms with Crippen molar-refractivity contribution in [2.75, 3.05) is 0 Å². The molecule has 3 aromatic rings. The number of hydrazine groups is 1. The van der Waals surface area contributed by atoms with Gasteiger partial charge >= 0.3 is 0 Å². The molecule has 2 amide bonds. The van der Waals surface area contributed by atoms with E-state index in [1.807, 2.05) is 6.07 Å². The molecule has 0 aliphatic carbocycles. The van der Waals surface area contributed by atoms with Gasteiger partial charge < -0.3 is 0 Å². The number of hydrogen-bond donors (Lipinski definition) is 3. The van der Waals surface area contributed by atoms with Gasteiger partial charge in [0.05, 0.1) is 10.5 Å². The van der Waals surface area contributed by atoms with E-state index in [-0.39, 0.29) is 22.6 Å². The minimum Gasteiger partial charge on any atom is -0.267 e. The smallest absolute Gasteiger partial charge is 0.267 e. The Bertz CT molecular complexity index is 1170. The summed E-state index contributed by atoms with van der Waals surface area (Å²) in [5, 5.41) is 0. The number of carbonyl (C=O) groups excluding carboxylic acids is 2. The average molecular weight is 427 g/mol. The normalized spacial score (nSPS) is 11.0.